The highest BCUT2D eigenvalue weighted by molar-refractivity contribution is 5.84. The van der Waals surface area contributed by atoms with Crippen molar-refractivity contribution in [2.75, 3.05) is 6.54 Å². The summed E-state index contributed by atoms with van der Waals surface area (Å²) < 4.78 is 7.71. The summed E-state index contributed by atoms with van der Waals surface area (Å²) in [4.78, 5) is 11.4. The van der Waals surface area contributed by atoms with Gasteiger partial charge in [-0.1, -0.05) is 0 Å². The topological polar surface area (TPSA) is 107 Å². The molecule has 3 aromatic rings. The number of hydrogen-bond acceptors (Lipinski definition) is 6. The number of nitrogens with zero attached hydrogens (tertiary/aromatic N) is 5. The summed E-state index contributed by atoms with van der Waals surface area (Å²) >= 11 is 0. The van der Waals surface area contributed by atoms with Crippen LogP contribution in [0, 0.1) is 0 Å². The number of hydrogen-bond donors (Lipinski definition) is 2. The zero-order chi connectivity index (χ0) is 12.8. The minimum atomic E-state index is -0.0641. The van der Waals surface area contributed by atoms with E-state index in [9.17, 15) is 0 Å². The quantitative estimate of drug-likeness (QED) is 0.679. The maximum absolute atomic E-state index is 5.85. The summed E-state index contributed by atoms with van der Waals surface area (Å²) in [6.45, 7) is 0.538. The number of ether oxygens (including phenoxy) is 1. The first-order valence-corrected chi connectivity index (χ1v) is 6.25. The average Bonchev–Trinajstić information content (AvgIpc) is 3.15. The molecule has 4 heterocycles. The van der Waals surface area contributed by atoms with E-state index in [2.05, 4.69) is 25.1 Å². The van der Waals surface area contributed by atoms with E-state index in [1.165, 1.54) is 0 Å². The number of nitrogens with one attached hydrogen (secondary N) is 1. The summed E-state index contributed by atoms with van der Waals surface area (Å²) in [6, 6.07) is 0. The predicted octanol–water partition coefficient (Wildman–Crippen LogP) is 0.179. The van der Waals surface area contributed by atoms with Gasteiger partial charge < -0.3 is 15.5 Å². The highest BCUT2D eigenvalue weighted by Crippen LogP contribution is 2.31. The third-order valence-corrected chi connectivity index (χ3v) is 3.52. The molecule has 0 radical (unpaired) electrons. The lowest BCUT2D eigenvalue weighted by Crippen LogP contribution is -2.19. The number of imidazole rings is 1. The molecule has 8 heteroatoms. The number of fused-ring (bicyclic) bond motifs is 3. The fraction of sp³-hybridized carbons (Fsp3) is 0.455. The van der Waals surface area contributed by atoms with Crippen LogP contribution in [-0.2, 0) is 4.74 Å². The van der Waals surface area contributed by atoms with Crippen LogP contribution < -0.4 is 5.73 Å². The van der Waals surface area contributed by atoms with Crippen LogP contribution >= 0.6 is 0 Å². The van der Waals surface area contributed by atoms with Crippen molar-refractivity contribution in [3.05, 3.63) is 18.5 Å². The van der Waals surface area contributed by atoms with E-state index in [-0.39, 0.29) is 12.2 Å². The minimum absolute atomic E-state index is 0.0641. The van der Waals surface area contributed by atoms with Gasteiger partial charge in [0.05, 0.1) is 12.4 Å². The van der Waals surface area contributed by atoms with Crippen LogP contribution in [0.1, 0.15) is 24.8 Å². The number of rotatable bonds is 2. The molecule has 0 aliphatic carbocycles. The molecule has 2 unspecified atom stereocenters. The number of aromatic nitrogens is 6. The van der Waals surface area contributed by atoms with Crippen molar-refractivity contribution in [3.8, 4) is 0 Å². The first-order chi connectivity index (χ1) is 9.36. The van der Waals surface area contributed by atoms with Crippen molar-refractivity contribution >= 4 is 16.8 Å². The third-order valence-electron chi connectivity index (χ3n) is 3.52. The van der Waals surface area contributed by atoms with E-state index in [0.29, 0.717) is 12.2 Å². The molecule has 1 aliphatic rings. The smallest absolute Gasteiger partial charge is 0.189 e. The van der Waals surface area contributed by atoms with Gasteiger partial charge in [0.1, 0.15) is 17.9 Å². The maximum atomic E-state index is 5.85. The molecule has 8 nitrogen and oxygen atoms in total. The van der Waals surface area contributed by atoms with E-state index < -0.39 is 0 Å². The van der Waals surface area contributed by atoms with Gasteiger partial charge in [-0.15, -0.1) is 10.2 Å². The minimum Gasteiger partial charge on any atom is -0.366 e. The van der Waals surface area contributed by atoms with Gasteiger partial charge >= 0.3 is 0 Å². The Hall–Kier alpha value is -2.06. The summed E-state index contributed by atoms with van der Waals surface area (Å²) in [5, 5.41) is 8.44. The van der Waals surface area contributed by atoms with Gasteiger partial charge in [-0.2, -0.15) is 0 Å². The van der Waals surface area contributed by atoms with Crippen LogP contribution in [0.25, 0.3) is 16.8 Å². The van der Waals surface area contributed by atoms with Crippen molar-refractivity contribution in [3.63, 3.8) is 0 Å². The number of aromatic amines is 1. The molecule has 4 rings (SSSR count). The number of nitrogens with two attached hydrogens (primary N) is 1. The van der Waals surface area contributed by atoms with Gasteiger partial charge in [0.15, 0.2) is 17.1 Å². The number of H-pyrrole nitrogens is 1. The van der Waals surface area contributed by atoms with Crippen molar-refractivity contribution in [1.29, 1.82) is 0 Å². The van der Waals surface area contributed by atoms with Crippen LogP contribution in [0.2, 0.25) is 0 Å². The second-order valence-corrected chi connectivity index (χ2v) is 4.66. The summed E-state index contributed by atoms with van der Waals surface area (Å²) in [6.07, 6.45) is 5.20. The zero-order valence-corrected chi connectivity index (χ0v) is 10.2. The Kier molecular flexibility index (Phi) is 2.26. The Morgan fingerprint density at radius 3 is 3.16 bits per heavy atom. The highest BCUT2D eigenvalue weighted by Gasteiger charge is 2.29. The van der Waals surface area contributed by atoms with Gasteiger partial charge in [-0.3, -0.25) is 4.40 Å². The Morgan fingerprint density at radius 1 is 1.37 bits per heavy atom. The molecule has 0 saturated carbocycles. The second kappa shape index (κ2) is 3.97. The van der Waals surface area contributed by atoms with Crippen molar-refractivity contribution in [1.82, 2.24) is 29.5 Å². The molecule has 0 bridgehead atoms. The molecule has 0 aromatic carbocycles. The standard InChI is InChI=1S/C11H13N7O/c12-3-6-1-2-7(19-6)10-16-17-11-8-9(14-4-13-8)15-5-18(10)11/h4-7H,1-3,12H2,(H,13,14). The molecular weight excluding hydrogens is 246 g/mol. The average molecular weight is 259 g/mol. The molecule has 1 saturated heterocycles. The van der Waals surface area contributed by atoms with Crippen molar-refractivity contribution in [2.24, 2.45) is 5.73 Å². The molecule has 1 aliphatic heterocycles. The van der Waals surface area contributed by atoms with E-state index in [1.54, 1.807) is 12.7 Å². The second-order valence-electron chi connectivity index (χ2n) is 4.66. The zero-order valence-electron chi connectivity index (χ0n) is 10.2. The summed E-state index contributed by atoms with van der Waals surface area (Å²) in [7, 11) is 0. The monoisotopic (exact) mass is 259 g/mol. The van der Waals surface area contributed by atoms with Gasteiger partial charge in [-0.25, -0.2) is 9.97 Å². The molecule has 0 amide bonds. The van der Waals surface area contributed by atoms with Crippen molar-refractivity contribution < 1.29 is 4.74 Å². The van der Waals surface area contributed by atoms with Crippen LogP contribution in [-0.4, -0.2) is 42.2 Å². The van der Waals surface area contributed by atoms with E-state index in [1.807, 2.05) is 4.40 Å². The largest absolute Gasteiger partial charge is 0.366 e. The van der Waals surface area contributed by atoms with Crippen LogP contribution in [0.3, 0.4) is 0 Å². The van der Waals surface area contributed by atoms with Crippen LogP contribution in [0.15, 0.2) is 12.7 Å². The molecule has 0 spiro atoms. The summed E-state index contributed by atoms with van der Waals surface area (Å²) in [5.41, 5.74) is 7.77. The lowest BCUT2D eigenvalue weighted by Gasteiger charge is -2.10. The maximum Gasteiger partial charge on any atom is 0.189 e. The van der Waals surface area contributed by atoms with Crippen LogP contribution in [0.4, 0.5) is 0 Å². The van der Waals surface area contributed by atoms with Gasteiger partial charge in [0.2, 0.25) is 0 Å². The third kappa shape index (κ3) is 1.53. The highest BCUT2D eigenvalue weighted by atomic mass is 16.5. The van der Waals surface area contributed by atoms with Crippen LogP contribution in [0.5, 0.6) is 0 Å². The molecule has 1 fully saturated rings. The molecule has 19 heavy (non-hydrogen) atoms. The van der Waals surface area contributed by atoms with E-state index >= 15 is 0 Å². The molecule has 3 aromatic heterocycles. The lowest BCUT2D eigenvalue weighted by atomic mass is 10.2. The Bertz CT molecular complexity index is 733. The molecule has 3 N–H and O–H groups in total. The van der Waals surface area contributed by atoms with E-state index in [0.717, 1.165) is 29.8 Å². The van der Waals surface area contributed by atoms with E-state index in [4.69, 9.17) is 10.5 Å². The molecular formula is C11H13N7O. The molecule has 2 atom stereocenters. The normalized spacial score (nSPS) is 23.6. The molecule has 98 valence electrons. The Labute approximate surface area is 108 Å². The first kappa shape index (κ1) is 10.8. The fourth-order valence-corrected chi connectivity index (χ4v) is 2.54. The Balaban J connectivity index is 1.83. The first-order valence-electron chi connectivity index (χ1n) is 6.25. The lowest BCUT2D eigenvalue weighted by molar-refractivity contribution is 0.0442. The van der Waals surface area contributed by atoms with Gasteiger partial charge in [0.25, 0.3) is 0 Å². The Morgan fingerprint density at radius 2 is 2.32 bits per heavy atom. The predicted molar refractivity (Wildman–Crippen MR) is 66.3 cm³/mol. The SMILES string of the molecule is NCC1CCC(c2nnc3c4[nH]cnc4ncn23)O1. The fourth-order valence-electron chi connectivity index (χ4n) is 2.54. The van der Waals surface area contributed by atoms with Gasteiger partial charge in [0, 0.05) is 6.54 Å². The van der Waals surface area contributed by atoms with Gasteiger partial charge in [-0.05, 0) is 12.8 Å². The summed E-state index contributed by atoms with van der Waals surface area (Å²) in [5.74, 6) is 0.773. The van der Waals surface area contributed by atoms with Crippen molar-refractivity contribution in [2.45, 2.75) is 25.0 Å².